The van der Waals surface area contributed by atoms with Crippen LogP contribution in [0.1, 0.15) is 51.3 Å². The van der Waals surface area contributed by atoms with Crippen LogP contribution in [-0.2, 0) is 16.0 Å². The van der Waals surface area contributed by atoms with Gasteiger partial charge in [0.15, 0.2) is 0 Å². The highest BCUT2D eigenvalue weighted by Gasteiger charge is 2.22. The van der Waals surface area contributed by atoms with E-state index in [9.17, 15) is 9.59 Å². The van der Waals surface area contributed by atoms with E-state index in [0.717, 1.165) is 51.1 Å². The Kier molecular flexibility index (Phi) is 9.40. The molecular formula is C20H36N6O2. The number of nitrogens with one attached hydrogen (secondary N) is 2. The van der Waals surface area contributed by atoms with Gasteiger partial charge in [0.2, 0.25) is 11.8 Å². The van der Waals surface area contributed by atoms with Gasteiger partial charge < -0.3 is 15.1 Å². The van der Waals surface area contributed by atoms with Gasteiger partial charge in [0, 0.05) is 45.4 Å². The molecule has 1 aliphatic rings. The van der Waals surface area contributed by atoms with Gasteiger partial charge in [-0.05, 0) is 45.2 Å². The first-order valence-electron chi connectivity index (χ1n) is 10.5. The number of carbonyl (C=O) groups is 2. The third kappa shape index (κ3) is 8.37. The number of aromatic amines is 1. The predicted molar refractivity (Wildman–Crippen MR) is 109 cm³/mol. The van der Waals surface area contributed by atoms with Crippen molar-refractivity contribution < 1.29 is 9.59 Å². The van der Waals surface area contributed by atoms with E-state index in [1.54, 1.807) is 0 Å². The van der Waals surface area contributed by atoms with Crippen LogP contribution in [0.5, 0.6) is 0 Å². The summed E-state index contributed by atoms with van der Waals surface area (Å²) in [6.07, 6.45) is 7.16. The van der Waals surface area contributed by atoms with E-state index in [-0.39, 0.29) is 11.8 Å². The minimum Gasteiger partial charge on any atom is -0.356 e. The van der Waals surface area contributed by atoms with Crippen LogP contribution >= 0.6 is 0 Å². The van der Waals surface area contributed by atoms with E-state index in [1.807, 2.05) is 4.90 Å². The number of hydrogen-bond acceptors (Lipinski definition) is 5. The lowest BCUT2D eigenvalue weighted by Gasteiger charge is -2.25. The van der Waals surface area contributed by atoms with Crippen molar-refractivity contribution in [1.82, 2.24) is 30.3 Å². The molecule has 2 N–H and O–H groups in total. The summed E-state index contributed by atoms with van der Waals surface area (Å²) < 4.78 is 0. The maximum Gasteiger partial charge on any atom is 0.223 e. The summed E-state index contributed by atoms with van der Waals surface area (Å²) in [5.41, 5.74) is 0. The van der Waals surface area contributed by atoms with Crippen LogP contribution in [-0.4, -0.2) is 77.1 Å². The molecule has 1 aliphatic heterocycles. The summed E-state index contributed by atoms with van der Waals surface area (Å²) in [5, 5.41) is 9.70. The molecule has 0 aliphatic carbocycles. The summed E-state index contributed by atoms with van der Waals surface area (Å²) in [6, 6.07) is 0. The number of aryl methyl sites for hydroxylation is 1. The predicted octanol–water partition coefficient (Wildman–Crippen LogP) is 1.46. The van der Waals surface area contributed by atoms with Crippen LogP contribution < -0.4 is 5.32 Å². The molecule has 2 atom stereocenters. The van der Waals surface area contributed by atoms with Crippen molar-refractivity contribution in [3.8, 4) is 0 Å². The molecule has 8 heteroatoms. The number of nitrogens with zero attached hydrogens (tertiary/aromatic N) is 4. The van der Waals surface area contributed by atoms with E-state index in [1.165, 1.54) is 6.33 Å². The standard InChI is InChI=1S/C20H36N6O2/c1-16(13-25(2)3)7-9-19(27)21-12-17-6-4-5-11-26(14-17)20(28)10-8-18-22-15-23-24-18/h15-17H,4-14H2,1-3H3,(H,21,27)(H,22,23,24). The summed E-state index contributed by atoms with van der Waals surface area (Å²) in [6.45, 7) is 5.38. The molecule has 2 heterocycles. The second-order valence-corrected chi connectivity index (χ2v) is 8.34. The normalized spacial score (nSPS) is 18.7. The van der Waals surface area contributed by atoms with Gasteiger partial charge in [0.25, 0.3) is 0 Å². The highest BCUT2D eigenvalue weighted by atomic mass is 16.2. The molecule has 0 saturated carbocycles. The summed E-state index contributed by atoms with van der Waals surface area (Å²) in [5.74, 6) is 1.87. The number of hydrogen-bond donors (Lipinski definition) is 2. The molecule has 0 bridgehead atoms. The molecule has 2 unspecified atom stereocenters. The van der Waals surface area contributed by atoms with Crippen molar-refractivity contribution in [2.75, 3.05) is 40.3 Å². The van der Waals surface area contributed by atoms with Gasteiger partial charge in [-0.25, -0.2) is 4.98 Å². The van der Waals surface area contributed by atoms with Crippen molar-refractivity contribution in [1.29, 1.82) is 0 Å². The number of H-pyrrole nitrogens is 1. The van der Waals surface area contributed by atoms with E-state index in [0.29, 0.717) is 37.6 Å². The molecule has 8 nitrogen and oxygen atoms in total. The van der Waals surface area contributed by atoms with Crippen molar-refractivity contribution in [2.45, 2.75) is 51.9 Å². The van der Waals surface area contributed by atoms with Crippen LogP contribution in [0.3, 0.4) is 0 Å². The molecule has 2 amide bonds. The van der Waals surface area contributed by atoms with Gasteiger partial charge in [-0.1, -0.05) is 13.3 Å². The highest BCUT2D eigenvalue weighted by Crippen LogP contribution is 2.17. The van der Waals surface area contributed by atoms with Crippen molar-refractivity contribution in [3.63, 3.8) is 0 Å². The number of rotatable bonds is 10. The molecule has 2 rings (SSSR count). The Morgan fingerprint density at radius 3 is 2.89 bits per heavy atom. The summed E-state index contributed by atoms with van der Waals surface area (Å²) in [7, 11) is 4.11. The molecule has 1 fully saturated rings. The zero-order valence-corrected chi connectivity index (χ0v) is 17.6. The Hall–Kier alpha value is -1.96. The van der Waals surface area contributed by atoms with Crippen LogP contribution in [0, 0.1) is 11.8 Å². The Morgan fingerprint density at radius 1 is 1.36 bits per heavy atom. The topological polar surface area (TPSA) is 94.2 Å². The second kappa shape index (κ2) is 11.8. The first kappa shape index (κ1) is 22.3. The average molecular weight is 393 g/mol. The molecule has 1 aromatic rings. The van der Waals surface area contributed by atoms with Gasteiger partial charge in [-0.2, -0.15) is 5.10 Å². The van der Waals surface area contributed by atoms with Crippen LogP contribution in [0.4, 0.5) is 0 Å². The third-order valence-corrected chi connectivity index (χ3v) is 5.29. The van der Waals surface area contributed by atoms with E-state index < -0.39 is 0 Å². The highest BCUT2D eigenvalue weighted by molar-refractivity contribution is 5.76. The third-order valence-electron chi connectivity index (χ3n) is 5.29. The van der Waals surface area contributed by atoms with Crippen LogP contribution in [0.15, 0.2) is 6.33 Å². The maximum atomic E-state index is 12.6. The Morgan fingerprint density at radius 2 is 2.18 bits per heavy atom. The quantitative estimate of drug-likeness (QED) is 0.629. The van der Waals surface area contributed by atoms with Crippen LogP contribution in [0.25, 0.3) is 0 Å². The first-order valence-corrected chi connectivity index (χ1v) is 10.5. The monoisotopic (exact) mass is 392 g/mol. The van der Waals surface area contributed by atoms with Crippen molar-refractivity contribution in [2.24, 2.45) is 11.8 Å². The Bertz CT molecular complexity index is 590. The number of amides is 2. The molecule has 0 spiro atoms. The molecule has 1 aromatic heterocycles. The minimum absolute atomic E-state index is 0.123. The molecule has 158 valence electrons. The molecular weight excluding hydrogens is 356 g/mol. The zero-order valence-electron chi connectivity index (χ0n) is 17.6. The zero-order chi connectivity index (χ0) is 20.4. The smallest absolute Gasteiger partial charge is 0.223 e. The lowest BCUT2D eigenvalue weighted by atomic mass is 10.0. The molecule has 1 saturated heterocycles. The lowest BCUT2D eigenvalue weighted by molar-refractivity contribution is -0.131. The molecule has 0 radical (unpaired) electrons. The van der Waals surface area contributed by atoms with E-state index >= 15 is 0 Å². The average Bonchev–Trinajstić information content (AvgIpc) is 3.06. The fourth-order valence-electron chi connectivity index (χ4n) is 3.80. The fourth-order valence-corrected chi connectivity index (χ4v) is 3.80. The van der Waals surface area contributed by atoms with Gasteiger partial charge in [0.1, 0.15) is 12.2 Å². The molecule has 0 aromatic carbocycles. The van der Waals surface area contributed by atoms with Gasteiger partial charge >= 0.3 is 0 Å². The van der Waals surface area contributed by atoms with E-state index in [4.69, 9.17) is 0 Å². The Labute approximate surface area is 168 Å². The maximum absolute atomic E-state index is 12.6. The van der Waals surface area contributed by atoms with Crippen molar-refractivity contribution >= 4 is 11.8 Å². The van der Waals surface area contributed by atoms with Gasteiger partial charge in [-0.15, -0.1) is 0 Å². The second-order valence-electron chi connectivity index (χ2n) is 8.34. The largest absolute Gasteiger partial charge is 0.356 e. The first-order chi connectivity index (χ1) is 13.4. The van der Waals surface area contributed by atoms with Crippen LogP contribution in [0.2, 0.25) is 0 Å². The number of likely N-dealkylation sites (tertiary alicyclic amines) is 1. The summed E-state index contributed by atoms with van der Waals surface area (Å²) >= 11 is 0. The minimum atomic E-state index is 0.123. The number of carbonyl (C=O) groups excluding carboxylic acids is 2. The van der Waals surface area contributed by atoms with Gasteiger partial charge in [0.05, 0.1) is 0 Å². The Balaban J connectivity index is 1.70. The van der Waals surface area contributed by atoms with Gasteiger partial charge in [-0.3, -0.25) is 14.7 Å². The SMILES string of the molecule is CC(CCC(=O)NCC1CCCCN(C(=O)CCc2ncn[nH]2)C1)CN(C)C. The fraction of sp³-hybridized carbons (Fsp3) is 0.800. The van der Waals surface area contributed by atoms with Crippen molar-refractivity contribution in [3.05, 3.63) is 12.2 Å². The number of aromatic nitrogens is 3. The lowest BCUT2D eigenvalue weighted by Crippen LogP contribution is -2.39. The molecule has 28 heavy (non-hydrogen) atoms. The van der Waals surface area contributed by atoms with E-state index in [2.05, 4.69) is 46.4 Å². The summed E-state index contributed by atoms with van der Waals surface area (Å²) in [4.78, 5) is 32.9.